The third kappa shape index (κ3) is 3.70. The SMILES string of the molecule is CN(Cc1ccco1)Cc1ccccc1CNc1ccc2nnnn2n1. The zero-order valence-electron chi connectivity index (χ0n) is 14.4. The zero-order valence-corrected chi connectivity index (χ0v) is 14.4. The van der Waals surface area contributed by atoms with Crippen molar-refractivity contribution < 1.29 is 4.42 Å². The van der Waals surface area contributed by atoms with Crippen LogP contribution in [0, 0.1) is 0 Å². The van der Waals surface area contributed by atoms with Crippen molar-refractivity contribution in [2.75, 3.05) is 12.4 Å². The van der Waals surface area contributed by atoms with E-state index in [1.54, 1.807) is 6.26 Å². The molecule has 0 radical (unpaired) electrons. The van der Waals surface area contributed by atoms with Crippen LogP contribution in [0.25, 0.3) is 5.65 Å². The van der Waals surface area contributed by atoms with Gasteiger partial charge >= 0.3 is 0 Å². The number of nitrogens with one attached hydrogen (secondary N) is 1. The Hall–Kier alpha value is -3.26. The Balaban J connectivity index is 1.43. The quantitative estimate of drug-likeness (QED) is 0.548. The summed E-state index contributed by atoms with van der Waals surface area (Å²) in [6.45, 7) is 2.27. The molecule has 0 saturated heterocycles. The van der Waals surface area contributed by atoms with E-state index in [9.17, 15) is 0 Å². The van der Waals surface area contributed by atoms with Crippen molar-refractivity contribution in [2.45, 2.75) is 19.6 Å². The second kappa shape index (κ2) is 7.32. The number of fused-ring (bicyclic) bond motifs is 1. The smallest absolute Gasteiger partial charge is 0.200 e. The Morgan fingerprint density at radius 1 is 1.04 bits per heavy atom. The lowest BCUT2D eigenvalue weighted by Crippen LogP contribution is -2.18. The van der Waals surface area contributed by atoms with Crippen molar-refractivity contribution in [1.82, 2.24) is 30.2 Å². The molecule has 3 heterocycles. The molecular weight excluding hydrogens is 330 g/mol. The lowest BCUT2D eigenvalue weighted by Gasteiger charge is -2.18. The molecule has 8 heteroatoms. The van der Waals surface area contributed by atoms with Crippen LogP contribution >= 0.6 is 0 Å². The summed E-state index contributed by atoms with van der Waals surface area (Å²) in [5.74, 6) is 1.69. The van der Waals surface area contributed by atoms with E-state index in [1.807, 2.05) is 30.3 Å². The van der Waals surface area contributed by atoms with Crippen LogP contribution in [-0.4, -0.2) is 37.2 Å². The predicted molar refractivity (Wildman–Crippen MR) is 96.2 cm³/mol. The zero-order chi connectivity index (χ0) is 17.8. The summed E-state index contributed by atoms with van der Waals surface area (Å²) in [6.07, 6.45) is 1.70. The number of aromatic nitrogens is 5. The average Bonchev–Trinajstić information content (AvgIpc) is 3.32. The Morgan fingerprint density at radius 3 is 2.77 bits per heavy atom. The van der Waals surface area contributed by atoms with E-state index in [-0.39, 0.29) is 0 Å². The molecule has 1 aromatic carbocycles. The van der Waals surface area contributed by atoms with Crippen molar-refractivity contribution >= 4 is 11.5 Å². The second-order valence-corrected chi connectivity index (χ2v) is 6.12. The monoisotopic (exact) mass is 349 g/mol. The normalized spacial score (nSPS) is 11.3. The van der Waals surface area contributed by atoms with Crippen molar-refractivity contribution in [3.05, 3.63) is 71.7 Å². The van der Waals surface area contributed by atoms with Crippen LogP contribution in [0.5, 0.6) is 0 Å². The average molecular weight is 349 g/mol. The highest BCUT2D eigenvalue weighted by atomic mass is 16.3. The third-order valence-electron chi connectivity index (χ3n) is 4.09. The fourth-order valence-electron chi connectivity index (χ4n) is 2.83. The fraction of sp³-hybridized carbons (Fsp3) is 0.222. The number of anilines is 1. The molecule has 0 amide bonds. The molecule has 132 valence electrons. The number of furan rings is 1. The molecule has 0 saturated carbocycles. The molecule has 0 aliphatic rings. The maximum atomic E-state index is 5.43. The molecular formula is C18H19N7O. The molecule has 0 aliphatic carbocycles. The first-order valence-corrected chi connectivity index (χ1v) is 8.35. The lowest BCUT2D eigenvalue weighted by molar-refractivity contribution is 0.287. The molecule has 4 rings (SSSR count). The Kier molecular flexibility index (Phi) is 4.57. The van der Waals surface area contributed by atoms with Gasteiger partial charge in [0.2, 0.25) is 0 Å². The van der Waals surface area contributed by atoms with Gasteiger partial charge in [0.15, 0.2) is 5.65 Å². The number of hydrogen-bond donors (Lipinski definition) is 1. The summed E-state index contributed by atoms with van der Waals surface area (Å²) in [7, 11) is 2.08. The van der Waals surface area contributed by atoms with Gasteiger partial charge in [0, 0.05) is 13.1 Å². The molecule has 0 bridgehead atoms. The van der Waals surface area contributed by atoms with Crippen molar-refractivity contribution in [3.63, 3.8) is 0 Å². The van der Waals surface area contributed by atoms with Gasteiger partial charge in [-0.3, -0.25) is 4.90 Å². The fourth-order valence-corrected chi connectivity index (χ4v) is 2.83. The van der Waals surface area contributed by atoms with Crippen molar-refractivity contribution in [1.29, 1.82) is 0 Å². The minimum absolute atomic E-state index is 0.621. The maximum absolute atomic E-state index is 5.43. The van der Waals surface area contributed by atoms with Gasteiger partial charge in [-0.15, -0.1) is 14.8 Å². The number of nitrogens with zero attached hydrogens (tertiary/aromatic N) is 6. The minimum atomic E-state index is 0.621. The van der Waals surface area contributed by atoms with Gasteiger partial charge in [0.1, 0.15) is 11.6 Å². The van der Waals surface area contributed by atoms with E-state index in [1.165, 1.54) is 15.8 Å². The van der Waals surface area contributed by atoms with Crippen LogP contribution in [0.15, 0.2) is 59.2 Å². The van der Waals surface area contributed by atoms with Crippen LogP contribution in [0.2, 0.25) is 0 Å². The van der Waals surface area contributed by atoms with E-state index < -0.39 is 0 Å². The van der Waals surface area contributed by atoms with E-state index in [2.05, 4.69) is 56.1 Å². The van der Waals surface area contributed by atoms with Gasteiger partial charge in [0.25, 0.3) is 0 Å². The Morgan fingerprint density at radius 2 is 1.92 bits per heavy atom. The summed E-state index contributed by atoms with van der Waals surface area (Å²) in [5, 5.41) is 18.9. The number of tetrazole rings is 1. The molecule has 1 N–H and O–H groups in total. The first kappa shape index (κ1) is 16.2. The molecule has 26 heavy (non-hydrogen) atoms. The van der Waals surface area contributed by atoms with Gasteiger partial charge in [-0.1, -0.05) is 24.3 Å². The number of hydrogen-bond acceptors (Lipinski definition) is 7. The Labute approximate surface area is 150 Å². The van der Waals surface area contributed by atoms with Crippen LogP contribution in [-0.2, 0) is 19.6 Å². The third-order valence-corrected chi connectivity index (χ3v) is 4.09. The molecule has 0 unspecified atom stereocenters. The molecule has 0 atom stereocenters. The molecule has 4 aromatic rings. The largest absolute Gasteiger partial charge is 0.468 e. The van der Waals surface area contributed by atoms with Gasteiger partial charge < -0.3 is 9.73 Å². The van der Waals surface area contributed by atoms with Crippen LogP contribution < -0.4 is 5.32 Å². The highest BCUT2D eigenvalue weighted by Crippen LogP contribution is 2.15. The van der Waals surface area contributed by atoms with E-state index in [0.717, 1.165) is 24.7 Å². The molecule has 3 aromatic heterocycles. The van der Waals surface area contributed by atoms with Crippen LogP contribution in [0.1, 0.15) is 16.9 Å². The topological polar surface area (TPSA) is 84.4 Å². The lowest BCUT2D eigenvalue weighted by atomic mass is 10.1. The van der Waals surface area contributed by atoms with E-state index in [0.29, 0.717) is 12.2 Å². The highest BCUT2D eigenvalue weighted by molar-refractivity contribution is 5.43. The van der Waals surface area contributed by atoms with E-state index >= 15 is 0 Å². The number of benzene rings is 1. The highest BCUT2D eigenvalue weighted by Gasteiger charge is 2.08. The van der Waals surface area contributed by atoms with Crippen molar-refractivity contribution in [3.8, 4) is 0 Å². The first-order chi connectivity index (χ1) is 12.8. The molecule has 0 fully saturated rings. The minimum Gasteiger partial charge on any atom is -0.468 e. The standard InChI is InChI=1S/C18H19N7O/c1-24(13-16-7-4-10-26-16)12-15-6-3-2-5-14(15)11-19-17-8-9-18-20-22-23-25(18)21-17/h2-10H,11-13H2,1H3,(H,19,21). The number of rotatable bonds is 7. The van der Waals surface area contributed by atoms with Crippen molar-refractivity contribution in [2.24, 2.45) is 0 Å². The molecule has 0 spiro atoms. The maximum Gasteiger partial charge on any atom is 0.200 e. The van der Waals surface area contributed by atoms with Crippen LogP contribution in [0.4, 0.5) is 5.82 Å². The van der Waals surface area contributed by atoms with Gasteiger partial charge in [0.05, 0.1) is 12.8 Å². The summed E-state index contributed by atoms with van der Waals surface area (Å²) < 4.78 is 6.83. The van der Waals surface area contributed by atoms with Gasteiger partial charge in [-0.25, -0.2) is 0 Å². The summed E-state index contributed by atoms with van der Waals surface area (Å²) in [6, 6.07) is 16.0. The Bertz CT molecular complexity index is 980. The summed E-state index contributed by atoms with van der Waals surface area (Å²) >= 11 is 0. The van der Waals surface area contributed by atoms with Crippen LogP contribution in [0.3, 0.4) is 0 Å². The first-order valence-electron chi connectivity index (χ1n) is 8.35. The second-order valence-electron chi connectivity index (χ2n) is 6.12. The molecule has 8 nitrogen and oxygen atoms in total. The van der Waals surface area contributed by atoms with Gasteiger partial charge in [-0.05, 0) is 52.9 Å². The molecule has 0 aliphatic heterocycles. The predicted octanol–water partition coefficient (Wildman–Crippen LogP) is 2.36. The summed E-state index contributed by atoms with van der Waals surface area (Å²) in [4.78, 5) is 2.23. The van der Waals surface area contributed by atoms with E-state index in [4.69, 9.17) is 4.42 Å². The summed E-state index contributed by atoms with van der Waals surface area (Å²) in [5.41, 5.74) is 3.10. The van der Waals surface area contributed by atoms with Gasteiger partial charge in [-0.2, -0.15) is 0 Å².